The molecule has 0 saturated carbocycles. The van der Waals surface area contributed by atoms with Crippen molar-refractivity contribution in [2.45, 2.75) is 58.2 Å². The van der Waals surface area contributed by atoms with Crippen LogP contribution in [0.4, 0.5) is 17.6 Å². The predicted octanol–water partition coefficient (Wildman–Crippen LogP) is 4.84. The quantitative estimate of drug-likeness (QED) is 0.300. The van der Waals surface area contributed by atoms with Crippen LogP contribution in [-0.4, -0.2) is 53.9 Å². The van der Waals surface area contributed by atoms with E-state index in [2.05, 4.69) is 0 Å². The van der Waals surface area contributed by atoms with Gasteiger partial charge < -0.3 is 9.64 Å². The molecule has 0 N–H and O–H groups in total. The molecule has 3 aromatic rings. The van der Waals surface area contributed by atoms with E-state index in [9.17, 15) is 35.6 Å². The molecule has 1 heterocycles. The van der Waals surface area contributed by atoms with Gasteiger partial charge in [0, 0.05) is 18.4 Å². The van der Waals surface area contributed by atoms with Gasteiger partial charge in [0.1, 0.15) is 27.2 Å². The average molecular weight is 624 g/mol. The number of aromatic nitrogens is 2. The van der Waals surface area contributed by atoms with E-state index < -0.39 is 51.5 Å². The highest BCUT2D eigenvalue weighted by Crippen LogP contribution is 2.32. The molecule has 43 heavy (non-hydrogen) atoms. The Morgan fingerprint density at radius 3 is 2.42 bits per heavy atom. The molecule has 0 spiro atoms. The molecule has 232 valence electrons. The number of hydrogen-bond donors (Lipinski definition) is 0. The van der Waals surface area contributed by atoms with E-state index in [0.29, 0.717) is 54.3 Å². The van der Waals surface area contributed by atoms with Gasteiger partial charge in [-0.15, -0.1) is 0 Å². The molecule has 0 fully saturated rings. The van der Waals surface area contributed by atoms with Crippen molar-refractivity contribution in [2.75, 3.05) is 25.2 Å². The molecule has 0 radical (unpaired) electrons. The third-order valence-electron chi connectivity index (χ3n) is 7.34. The standard InChI is InChI=1S/C30H33F4N3O5S/c1-4-42-22-12-10-21(11-13-22)37-28(35-26-8-6-5-7-23(26)29(37)39)19(2)36(15-16-43(3,40)41)27(38)18-20-9-14-25(31)24(17-20)30(32,33)34/h9-14,17,19H,4-8,15-16,18H2,1-3H3. The number of hydrogen-bond acceptors (Lipinski definition) is 6. The third-order valence-corrected chi connectivity index (χ3v) is 8.26. The number of amides is 1. The highest BCUT2D eigenvalue weighted by Gasteiger charge is 2.35. The van der Waals surface area contributed by atoms with Crippen molar-refractivity contribution < 1.29 is 35.5 Å². The third kappa shape index (κ3) is 7.62. The fourth-order valence-corrected chi connectivity index (χ4v) is 5.70. The maximum Gasteiger partial charge on any atom is 0.419 e. The van der Waals surface area contributed by atoms with Gasteiger partial charge in [-0.1, -0.05) is 6.07 Å². The molecule has 4 rings (SSSR count). The molecule has 1 atom stereocenters. The van der Waals surface area contributed by atoms with Crippen LogP contribution >= 0.6 is 0 Å². The van der Waals surface area contributed by atoms with Gasteiger partial charge in [-0.25, -0.2) is 17.8 Å². The number of sulfone groups is 1. The Kier molecular flexibility index (Phi) is 9.63. The number of benzene rings is 2. The zero-order valence-corrected chi connectivity index (χ0v) is 24.9. The van der Waals surface area contributed by atoms with E-state index in [1.165, 1.54) is 9.47 Å². The molecular formula is C30H33F4N3O5S. The summed E-state index contributed by atoms with van der Waals surface area (Å²) < 4.78 is 85.0. The largest absolute Gasteiger partial charge is 0.494 e. The highest BCUT2D eigenvalue weighted by atomic mass is 32.2. The van der Waals surface area contributed by atoms with Crippen molar-refractivity contribution >= 4 is 15.7 Å². The van der Waals surface area contributed by atoms with Crippen molar-refractivity contribution in [3.05, 3.63) is 86.8 Å². The van der Waals surface area contributed by atoms with Gasteiger partial charge in [-0.2, -0.15) is 13.2 Å². The Bertz CT molecular complexity index is 1650. The van der Waals surface area contributed by atoms with Crippen molar-refractivity contribution in [1.29, 1.82) is 0 Å². The van der Waals surface area contributed by atoms with E-state index >= 15 is 0 Å². The first kappa shape index (κ1) is 32.2. The topological polar surface area (TPSA) is 98.6 Å². The summed E-state index contributed by atoms with van der Waals surface area (Å²) in [6.07, 6.45) is -1.79. The smallest absolute Gasteiger partial charge is 0.419 e. The molecule has 1 aliphatic rings. The maximum absolute atomic E-state index is 13.9. The maximum atomic E-state index is 13.9. The summed E-state index contributed by atoms with van der Waals surface area (Å²) in [6.45, 7) is 3.57. The van der Waals surface area contributed by atoms with Gasteiger partial charge in [-0.3, -0.25) is 14.2 Å². The lowest BCUT2D eigenvalue weighted by molar-refractivity contribution is -0.140. The van der Waals surface area contributed by atoms with Crippen LogP contribution in [0.1, 0.15) is 60.9 Å². The molecule has 0 saturated heterocycles. The second kappa shape index (κ2) is 12.9. The summed E-state index contributed by atoms with van der Waals surface area (Å²) >= 11 is 0. The highest BCUT2D eigenvalue weighted by molar-refractivity contribution is 7.90. The fraction of sp³-hybridized carbons (Fsp3) is 0.433. The van der Waals surface area contributed by atoms with Crippen LogP contribution in [-0.2, 0) is 40.1 Å². The Balaban J connectivity index is 1.80. The Morgan fingerprint density at radius 2 is 1.79 bits per heavy atom. The summed E-state index contributed by atoms with van der Waals surface area (Å²) in [7, 11) is -3.56. The number of aryl methyl sites for hydroxylation is 1. The number of carbonyl (C=O) groups excluding carboxylic acids is 1. The lowest BCUT2D eigenvalue weighted by Crippen LogP contribution is -2.41. The molecular weight excluding hydrogens is 590 g/mol. The van der Waals surface area contributed by atoms with Crippen LogP contribution in [0.25, 0.3) is 5.69 Å². The van der Waals surface area contributed by atoms with Crippen LogP contribution in [0.5, 0.6) is 5.75 Å². The number of halogens is 4. The Labute approximate surface area is 247 Å². The Morgan fingerprint density at radius 1 is 1.12 bits per heavy atom. The zero-order chi connectivity index (χ0) is 31.5. The normalized spacial score (nSPS) is 14.2. The number of rotatable bonds is 10. The van der Waals surface area contributed by atoms with Crippen molar-refractivity contribution in [3.8, 4) is 11.4 Å². The van der Waals surface area contributed by atoms with E-state index in [1.807, 2.05) is 6.92 Å². The van der Waals surface area contributed by atoms with E-state index in [1.54, 1.807) is 31.2 Å². The zero-order valence-electron chi connectivity index (χ0n) is 24.1. The van der Waals surface area contributed by atoms with Crippen molar-refractivity contribution in [2.24, 2.45) is 0 Å². The number of carbonyl (C=O) groups is 1. The van der Waals surface area contributed by atoms with Gasteiger partial charge in [0.25, 0.3) is 5.56 Å². The fourth-order valence-electron chi connectivity index (χ4n) is 5.17. The summed E-state index contributed by atoms with van der Waals surface area (Å²) in [5, 5.41) is 0. The van der Waals surface area contributed by atoms with Crippen molar-refractivity contribution in [1.82, 2.24) is 14.5 Å². The van der Waals surface area contributed by atoms with Crippen LogP contribution < -0.4 is 10.3 Å². The predicted molar refractivity (Wildman–Crippen MR) is 153 cm³/mol. The van der Waals surface area contributed by atoms with Crippen LogP contribution in [0.2, 0.25) is 0 Å². The molecule has 1 aromatic heterocycles. The van der Waals surface area contributed by atoms with Gasteiger partial charge in [0.15, 0.2) is 0 Å². The number of fused-ring (bicyclic) bond motifs is 1. The molecule has 2 aromatic carbocycles. The summed E-state index contributed by atoms with van der Waals surface area (Å²) in [5.41, 5.74) is -0.285. The first-order valence-corrected chi connectivity index (χ1v) is 16.0. The lowest BCUT2D eigenvalue weighted by Gasteiger charge is -2.31. The number of nitrogens with zero attached hydrogens (tertiary/aromatic N) is 3. The molecule has 1 unspecified atom stereocenters. The number of alkyl halides is 3. The minimum Gasteiger partial charge on any atom is -0.494 e. The molecule has 0 aliphatic heterocycles. The van der Waals surface area contributed by atoms with Gasteiger partial charge in [-0.05, 0) is 81.5 Å². The van der Waals surface area contributed by atoms with Crippen LogP contribution in [0, 0.1) is 5.82 Å². The lowest BCUT2D eigenvalue weighted by atomic mass is 9.96. The van der Waals surface area contributed by atoms with Gasteiger partial charge in [0.05, 0.1) is 41.8 Å². The van der Waals surface area contributed by atoms with E-state index in [4.69, 9.17) is 9.72 Å². The van der Waals surface area contributed by atoms with Crippen LogP contribution in [0.15, 0.2) is 47.3 Å². The minimum absolute atomic E-state index is 0.0995. The molecule has 0 bridgehead atoms. The first-order valence-electron chi connectivity index (χ1n) is 13.9. The average Bonchev–Trinajstić information content (AvgIpc) is 2.93. The van der Waals surface area contributed by atoms with Gasteiger partial charge >= 0.3 is 6.18 Å². The number of ether oxygens (including phenoxy) is 1. The van der Waals surface area contributed by atoms with Crippen molar-refractivity contribution in [3.63, 3.8) is 0 Å². The SMILES string of the molecule is CCOc1ccc(-n2c(C(C)N(CCS(C)(=O)=O)C(=O)Cc3ccc(F)c(C(F)(F)F)c3)nc3c(c2=O)CCCC3)cc1. The summed E-state index contributed by atoms with van der Waals surface area (Å²) in [6, 6.07) is 8.08. The first-order chi connectivity index (χ1) is 20.2. The molecule has 1 aliphatic carbocycles. The van der Waals surface area contributed by atoms with Gasteiger partial charge in [0.2, 0.25) is 5.91 Å². The molecule has 1 amide bonds. The second-order valence-corrected chi connectivity index (χ2v) is 12.8. The molecule has 13 heteroatoms. The molecule has 8 nitrogen and oxygen atoms in total. The van der Waals surface area contributed by atoms with E-state index in [0.717, 1.165) is 25.2 Å². The summed E-state index contributed by atoms with van der Waals surface area (Å²) in [4.78, 5) is 33.5. The minimum atomic E-state index is -4.97. The van der Waals surface area contributed by atoms with E-state index in [-0.39, 0.29) is 23.5 Å². The monoisotopic (exact) mass is 623 g/mol. The van der Waals surface area contributed by atoms with Crippen LogP contribution in [0.3, 0.4) is 0 Å². The summed E-state index contributed by atoms with van der Waals surface area (Å²) in [5.74, 6) is -1.84. The Hall–Kier alpha value is -3.74. The second-order valence-electron chi connectivity index (χ2n) is 10.6.